The van der Waals surface area contributed by atoms with Gasteiger partial charge < -0.3 is 10.5 Å². The van der Waals surface area contributed by atoms with Crippen LogP contribution in [0.3, 0.4) is 0 Å². The van der Waals surface area contributed by atoms with Gasteiger partial charge in [-0.25, -0.2) is 0 Å². The molecule has 13 heavy (non-hydrogen) atoms. The zero-order valence-electron chi connectivity index (χ0n) is 7.24. The van der Waals surface area contributed by atoms with Crippen LogP contribution in [0.4, 0.5) is 5.82 Å². The first kappa shape index (κ1) is 9.02. The molecule has 0 amide bonds. The maximum atomic E-state index is 5.64. The van der Waals surface area contributed by atoms with E-state index in [1.165, 1.54) is 0 Å². The Bertz CT molecular complexity index is 274. The molecule has 0 atom stereocenters. The Morgan fingerprint density at radius 1 is 1.54 bits per heavy atom. The highest BCUT2D eigenvalue weighted by Gasteiger charge is 2.17. The van der Waals surface area contributed by atoms with E-state index in [-0.39, 0.29) is 0 Å². The minimum atomic E-state index is 0.447. The molecule has 1 aliphatic rings. The molecule has 1 aromatic heterocycles. The van der Waals surface area contributed by atoms with Crippen LogP contribution < -0.4 is 5.73 Å². The molecular weight excluding hydrogens is 234 g/mol. The van der Waals surface area contributed by atoms with E-state index in [9.17, 15) is 0 Å². The Labute approximate surface area is 85.2 Å². The highest BCUT2D eigenvalue weighted by Crippen LogP contribution is 2.24. The van der Waals surface area contributed by atoms with Crippen molar-refractivity contribution >= 4 is 21.7 Å². The molecule has 0 spiro atoms. The summed E-state index contributed by atoms with van der Waals surface area (Å²) in [5.41, 5.74) is 5.64. The molecule has 4 nitrogen and oxygen atoms in total. The summed E-state index contributed by atoms with van der Waals surface area (Å²) in [5, 5.41) is 4.23. The van der Waals surface area contributed by atoms with Crippen LogP contribution >= 0.6 is 15.9 Å². The molecule has 1 saturated heterocycles. The molecule has 0 bridgehead atoms. The van der Waals surface area contributed by atoms with Crippen LogP contribution in [0, 0.1) is 0 Å². The fraction of sp³-hybridized carbons (Fsp3) is 0.625. The van der Waals surface area contributed by atoms with Gasteiger partial charge in [-0.15, -0.1) is 0 Å². The average Bonchev–Trinajstić information content (AvgIpc) is 2.49. The van der Waals surface area contributed by atoms with Crippen molar-refractivity contribution in [2.24, 2.45) is 0 Å². The predicted molar refractivity (Wildman–Crippen MR) is 53.4 cm³/mol. The number of nitrogens with zero attached hydrogens (tertiary/aromatic N) is 2. The van der Waals surface area contributed by atoms with Gasteiger partial charge in [-0.1, -0.05) is 0 Å². The number of halogens is 1. The third-order valence-electron chi connectivity index (χ3n) is 2.28. The Balaban J connectivity index is 2.14. The van der Waals surface area contributed by atoms with Crippen LogP contribution in [-0.4, -0.2) is 23.0 Å². The van der Waals surface area contributed by atoms with Gasteiger partial charge in [-0.05, 0) is 28.8 Å². The molecule has 1 fully saturated rings. The smallest absolute Gasteiger partial charge is 0.159 e. The molecule has 1 aromatic rings. The van der Waals surface area contributed by atoms with Crippen LogP contribution in [0.1, 0.15) is 18.9 Å². The third-order valence-corrected chi connectivity index (χ3v) is 2.89. The van der Waals surface area contributed by atoms with Gasteiger partial charge in [0.05, 0.1) is 10.5 Å². The average molecular weight is 246 g/mol. The number of aromatic nitrogens is 2. The van der Waals surface area contributed by atoms with E-state index in [0.717, 1.165) is 30.5 Å². The molecule has 0 aromatic carbocycles. The van der Waals surface area contributed by atoms with Gasteiger partial charge in [0, 0.05) is 19.4 Å². The van der Waals surface area contributed by atoms with Crippen LogP contribution in [-0.2, 0) is 4.74 Å². The lowest BCUT2D eigenvalue weighted by molar-refractivity contribution is 0.0663. The third kappa shape index (κ3) is 1.86. The maximum Gasteiger partial charge on any atom is 0.159 e. The topological polar surface area (TPSA) is 53.1 Å². The standard InChI is InChI=1S/C8H12BrN3O/c9-7-5-12(11-8(7)10)6-1-3-13-4-2-6/h5-6H,1-4H2,(H2,10,11). The van der Waals surface area contributed by atoms with Crippen molar-refractivity contribution in [1.29, 1.82) is 0 Å². The van der Waals surface area contributed by atoms with Gasteiger partial charge in [-0.3, -0.25) is 4.68 Å². The van der Waals surface area contributed by atoms with E-state index in [0.29, 0.717) is 11.9 Å². The van der Waals surface area contributed by atoms with Crippen LogP contribution in [0.2, 0.25) is 0 Å². The fourth-order valence-corrected chi connectivity index (χ4v) is 1.81. The van der Waals surface area contributed by atoms with Crippen molar-refractivity contribution in [3.63, 3.8) is 0 Å². The summed E-state index contributed by atoms with van der Waals surface area (Å²) in [6.45, 7) is 1.64. The Morgan fingerprint density at radius 3 is 2.77 bits per heavy atom. The molecule has 72 valence electrons. The van der Waals surface area contributed by atoms with Crippen LogP contribution in [0.25, 0.3) is 0 Å². The molecule has 0 unspecified atom stereocenters. The summed E-state index contributed by atoms with van der Waals surface area (Å²) in [7, 11) is 0. The second kappa shape index (κ2) is 3.67. The summed E-state index contributed by atoms with van der Waals surface area (Å²) in [6.07, 6.45) is 3.98. The molecule has 0 saturated carbocycles. The number of nitrogen functional groups attached to an aromatic ring is 1. The largest absolute Gasteiger partial charge is 0.381 e. The fourth-order valence-electron chi connectivity index (χ4n) is 1.52. The maximum absolute atomic E-state index is 5.64. The summed E-state index contributed by atoms with van der Waals surface area (Å²) in [6, 6.07) is 0.447. The van der Waals surface area contributed by atoms with Crippen molar-refractivity contribution < 1.29 is 4.74 Å². The lowest BCUT2D eigenvalue weighted by Gasteiger charge is -2.22. The van der Waals surface area contributed by atoms with Gasteiger partial charge in [0.1, 0.15) is 0 Å². The SMILES string of the molecule is Nc1nn(C2CCOCC2)cc1Br. The zero-order valence-corrected chi connectivity index (χ0v) is 8.83. The quantitative estimate of drug-likeness (QED) is 0.818. The summed E-state index contributed by atoms with van der Waals surface area (Å²) < 4.78 is 8.08. The second-order valence-corrected chi connectivity index (χ2v) is 4.04. The minimum Gasteiger partial charge on any atom is -0.381 e. The monoisotopic (exact) mass is 245 g/mol. The number of hydrogen-bond donors (Lipinski definition) is 1. The molecule has 1 aliphatic heterocycles. The normalized spacial score (nSPS) is 19.2. The Hall–Kier alpha value is -0.550. The van der Waals surface area contributed by atoms with Gasteiger partial charge in [-0.2, -0.15) is 5.10 Å². The van der Waals surface area contributed by atoms with Gasteiger partial charge in [0.15, 0.2) is 5.82 Å². The molecule has 0 aliphatic carbocycles. The minimum absolute atomic E-state index is 0.447. The first-order valence-corrected chi connectivity index (χ1v) is 5.14. The number of nitrogens with two attached hydrogens (primary N) is 1. The molecule has 2 heterocycles. The summed E-state index contributed by atoms with van der Waals surface area (Å²) in [5.74, 6) is 0.562. The molecule has 5 heteroatoms. The van der Waals surface area contributed by atoms with E-state index in [1.54, 1.807) is 0 Å². The predicted octanol–water partition coefficient (Wildman–Crippen LogP) is 1.58. The number of ether oxygens (including phenoxy) is 1. The Kier molecular flexibility index (Phi) is 2.55. The van der Waals surface area contributed by atoms with E-state index < -0.39 is 0 Å². The van der Waals surface area contributed by atoms with Crippen molar-refractivity contribution in [3.05, 3.63) is 10.7 Å². The molecule has 2 rings (SSSR count). The number of hydrogen-bond acceptors (Lipinski definition) is 3. The van der Waals surface area contributed by atoms with Gasteiger partial charge in [0.25, 0.3) is 0 Å². The van der Waals surface area contributed by atoms with E-state index in [1.807, 2.05) is 10.9 Å². The summed E-state index contributed by atoms with van der Waals surface area (Å²) in [4.78, 5) is 0. The van der Waals surface area contributed by atoms with Gasteiger partial charge in [0.2, 0.25) is 0 Å². The Morgan fingerprint density at radius 2 is 2.23 bits per heavy atom. The molecular formula is C8H12BrN3O. The van der Waals surface area contributed by atoms with E-state index in [4.69, 9.17) is 10.5 Å². The summed E-state index contributed by atoms with van der Waals surface area (Å²) >= 11 is 3.34. The highest BCUT2D eigenvalue weighted by atomic mass is 79.9. The van der Waals surface area contributed by atoms with Crippen molar-refractivity contribution in [2.75, 3.05) is 18.9 Å². The van der Waals surface area contributed by atoms with Crippen molar-refractivity contribution in [2.45, 2.75) is 18.9 Å². The lowest BCUT2D eigenvalue weighted by Crippen LogP contribution is -2.19. The first-order chi connectivity index (χ1) is 6.27. The van der Waals surface area contributed by atoms with Gasteiger partial charge >= 0.3 is 0 Å². The van der Waals surface area contributed by atoms with Crippen molar-refractivity contribution in [1.82, 2.24) is 9.78 Å². The molecule has 2 N–H and O–H groups in total. The second-order valence-electron chi connectivity index (χ2n) is 3.19. The van der Waals surface area contributed by atoms with E-state index in [2.05, 4.69) is 21.0 Å². The lowest BCUT2D eigenvalue weighted by atomic mass is 10.1. The van der Waals surface area contributed by atoms with Crippen molar-refractivity contribution in [3.8, 4) is 0 Å². The molecule has 0 radical (unpaired) electrons. The number of anilines is 1. The van der Waals surface area contributed by atoms with Crippen LogP contribution in [0.15, 0.2) is 10.7 Å². The highest BCUT2D eigenvalue weighted by molar-refractivity contribution is 9.10. The van der Waals surface area contributed by atoms with Crippen LogP contribution in [0.5, 0.6) is 0 Å². The first-order valence-electron chi connectivity index (χ1n) is 4.35. The zero-order chi connectivity index (χ0) is 9.26. The van der Waals surface area contributed by atoms with E-state index >= 15 is 0 Å². The number of rotatable bonds is 1.